The highest BCUT2D eigenvalue weighted by atomic mass is 79.9. The minimum Gasteiger partial charge on any atom is -0.461 e. The average Bonchev–Trinajstić information content (AvgIpc) is 3.00. The summed E-state index contributed by atoms with van der Waals surface area (Å²) in [5, 5.41) is 3.59. The van der Waals surface area contributed by atoms with E-state index in [0.717, 1.165) is 0 Å². The maximum absolute atomic E-state index is 14.0. The van der Waals surface area contributed by atoms with E-state index in [1.807, 2.05) is 0 Å². The SMILES string of the molecule is CCOC(=O)c1cc2c(Nc3ccc(F)c(Br)c3)ccc(F)c2[nH]1. The summed E-state index contributed by atoms with van der Waals surface area (Å²) in [5.41, 5.74) is 1.57. The van der Waals surface area contributed by atoms with Crippen molar-refractivity contribution in [3.63, 3.8) is 0 Å². The zero-order chi connectivity index (χ0) is 17.3. The monoisotopic (exact) mass is 394 g/mol. The summed E-state index contributed by atoms with van der Waals surface area (Å²) >= 11 is 3.12. The number of aromatic nitrogens is 1. The summed E-state index contributed by atoms with van der Waals surface area (Å²) in [5.74, 6) is -1.41. The fourth-order valence-electron chi connectivity index (χ4n) is 2.34. The second-order valence-corrected chi connectivity index (χ2v) is 5.90. The van der Waals surface area contributed by atoms with E-state index in [9.17, 15) is 13.6 Å². The van der Waals surface area contributed by atoms with Crippen molar-refractivity contribution in [2.45, 2.75) is 6.92 Å². The molecule has 0 saturated heterocycles. The van der Waals surface area contributed by atoms with Gasteiger partial charge in [0.25, 0.3) is 0 Å². The van der Waals surface area contributed by atoms with Gasteiger partial charge in [0.2, 0.25) is 0 Å². The van der Waals surface area contributed by atoms with Crippen LogP contribution < -0.4 is 5.32 Å². The van der Waals surface area contributed by atoms with E-state index in [0.29, 0.717) is 21.2 Å². The third-order valence-corrected chi connectivity index (χ3v) is 4.04. The maximum atomic E-state index is 14.0. The summed E-state index contributed by atoms with van der Waals surface area (Å²) in [6, 6.07) is 8.82. The summed E-state index contributed by atoms with van der Waals surface area (Å²) in [6.07, 6.45) is 0. The van der Waals surface area contributed by atoms with Crippen molar-refractivity contribution in [2.75, 3.05) is 11.9 Å². The van der Waals surface area contributed by atoms with E-state index in [4.69, 9.17) is 4.74 Å². The molecule has 0 radical (unpaired) electrons. The van der Waals surface area contributed by atoms with Crippen LogP contribution in [0.2, 0.25) is 0 Å². The summed E-state index contributed by atoms with van der Waals surface area (Å²) in [6.45, 7) is 1.92. The highest BCUT2D eigenvalue weighted by molar-refractivity contribution is 9.10. The van der Waals surface area contributed by atoms with Gasteiger partial charge in [-0.05, 0) is 59.3 Å². The van der Waals surface area contributed by atoms with Crippen LogP contribution in [0, 0.1) is 11.6 Å². The molecular weight excluding hydrogens is 382 g/mol. The summed E-state index contributed by atoms with van der Waals surface area (Å²) in [4.78, 5) is 14.6. The molecule has 0 aliphatic carbocycles. The number of H-pyrrole nitrogens is 1. The van der Waals surface area contributed by atoms with Crippen molar-refractivity contribution in [2.24, 2.45) is 0 Å². The normalized spacial score (nSPS) is 10.8. The number of ether oxygens (including phenoxy) is 1. The van der Waals surface area contributed by atoms with Gasteiger partial charge in [-0.1, -0.05) is 0 Å². The first-order valence-corrected chi connectivity index (χ1v) is 7.99. The average molecular weight is 395 g/mol. The number of halogens is 3. The number of fused-ring (bicyclic) bond motifs is 1. The Morgan fingerprint density at radius 3 is 2.67 bits per heavy atom. The number of rotatable bonds is 4. The molecule has 3 aromatic rings. The molecule has 0 spiro atoms. The molecule has 4 nitrogen and oxygen atoms in total. The van der Waals surface area contributed by atoms with Crippen LogP contribution in [0.15, 0.2) is 40.9 Å². The minimum atomic E-state index is -0.552. The Morgan fingerprint density at radius 2 is 1.96 bits per heavy atom. The summed E-state index contributed by atoms with van der Waals surface area (Å²) < 4.78 is 32.6. The smallest absolute Gasteiger partial charge is 0.354 e. The molecular formula is C17H13BrF2N2O2. The number of aromatic amines is 1. The molecule has 3 rings (SSSR count). The lowest BCUT2D eigenvalue weighted by molar-refractivity contribution is 0.0520. The van der Waals surface area contributed by atoms with Gasteiger partial charge in [-0.15, -0.1) is 0 Å². The molecule has 0 fully saturated rings. The van der Waals surface area contributed by atoms with Gasteiger partial charge >= 0.3 is 5.97 Å². The lowest BCUT2D eigenvalue weighted by atomic mass is 10.2. The van der Waals surface area contributed by atoms with Gasteiger partial charge in [0.05, 0.1) is 16.6 Å². The number of nitrogens with one attached hydrogen (secondary N) is 2. The molecule has 0 atom stereocenters. The molecule has 0 bridgehead atoms. The van der Waals surface area contributed by atoms with E-state index in [1.54, 1.807) is 25.1 Å². The van der Waals surface area contributed by atoms with Crippen LogP contribution in [0.1, 0.15) is 17.4 Å². The highest BCUT2D eigenvalue weighted by Crippen LogP contribution is 2.30. The number of hydrogen-bond donors (Lipinski definition) is 2. The molecule has 0 aliphatic rings. The minimum absolute atomic E-state index is 0.167. The predicted octanol–water partition coefficient (Wildman–Crippen LogP) is 5.13. The van der Waals surface area contributed by atoms with Gasteiger partial charge in [-0.25, -0.2) is 13.6 Å². The zero-order valence-electron chi connectivity index (χ0n) is 12.6. The lowest BCUT2D eigenvalue weighted by Gasteiger charge is -2.09. The predicted molar refractivity (Wildman–Crippen MR) is 91.6 cm³/mol. The van der Waals surface area contributed by atoms with Gasteiger partial charge in [0.1, 0.15) is 17.3 Å². The van der Waals surface area contributed by atoms with Crippen molar-refractivity contribution in [1.29, 1.82) is 0 Å². The Balaban J connectivity index is 2.02. The number of anilines is 2. The van der Waals surface area contributed by atoms with Crippen LogP contribution in [0.5, 0.6) is 0 Å². The van der Waals surface area contributed by atoms with Gasteiger partial charge in [0, 0.05) is 16.8 Å². The topological polar surface area (TPSA) is 54.1 Å². The molecule has 1 aromatic heterocycles. The van der Waals surface area contributed by atoms with Gasteiger partial charge < -0.3 is 15.0 Å². The largest absolute Gasteiger partial charge is 0.461 e. The van der Waals surface area contributed by atoms with Crippen LogP contribution in [0.3, 0.4) is 0 Å². The van der Waals surface area contributed by atoms with Crippen molar-refractivity contribution in [1.82, 2.24) is 4.98 Å². The molecule has 0 amide bonds. The zero-order valence-corrected chi connectivity index (χ0v) is 14.2. The number of carbonyl (C=O) groups excluding carboxylic acids is 1. The van der Waals surface area contributed by atoms with Crippen LogP contribution >= 0.6 is 15.9 Å². The Hall–Kier alpha value is -2.41. The van der Waals surface area contributed by atoms with Gasteiger partial charge in [0.15, 0.2) is 0 Å². The van der Waals surface area contributed by atoms with Gasteiger partial charge in [-0.2, -0.15) is 0 Å². The second kappa shape index (κ2) is 6.60. The highest BCUT2D eigenvalue weighted by Gasteiger charge is 2.15. The van der Waals surface area contributed by atoms with E-state index in [1.165, 1.54) is 18.2 Å². The number of esters is 1. The van der Waals surface area contributed by atoms with E-state index < -0.39 is 11.8 Å². The summed E-state index contributed by atoms with van der Waals surface area (Å²) in [7, 11) is 0. The molecule has 24 heavy (non-hydrogen) atoms. The molecule has 0 aliphatic heterocycles. The van der Waals surface area contributed by atoms with E-state index >= 15 is 0 Å². The third-order valence-electron chi connectivity index (χ3n) is 3.44. The Bertz CT molecular complexity index is 924. The van der Waals surface area contributed by atoms with Crippen molar-refractivity contribution in [3.8, 4) is 0 Å². The third kappa shape index (κ3) is 3.12. The first kappa shape index (κ1) is 16.4. The molecule has 2 aromatic carbocycles. The van der Waals surface area contributed by atoms with Crippen LogP contribution in [0.25, 0.3) is 10.9 Å². The van der Waals surface area contributed by atoms with Crippen molar-refractivity contribution in [3.05, 3.63) is 58.2 Å². The van der Waals surface area contributed by atoms with Crippen molar-refractivity contribution >= 4 is 44.2 Å². The Morgan fingerprint density at radius 1 is 1.21 bits per heavy atom. The standard InChI is InChI=1S/C17H13BrF2N2O2/c1-2-24-17(23)15-8-10-14(6-5-13(20)16(10)22-15)21-9-3-4-12(19)11(18)7-9/h3-8,21-22H,2H2,1H3. The van der Waals surface area contributed by atoms with Gasteiger partial charge in [-0.3, -0.25) is 0 Å². The van der Waals surface area contributed by atoms with Crippen LogP contribution in [-0.4, -0.2) is 17.6 Å². The number of hydrogen-bond acceptors (Lipinski definition) is 3. The Kier molecular flexibility index (Phi) is 4.53. The molecule has 7 heteroatoms. The first-order chi connectivity index (χ1) is 11.5. The number of benzene rings is 2. The van der Waals surface area contributed by atoms with E-state index in [2.05, 4.69) is 26.2 Å². The molecule has 0 unspecified atom stereocenters. The van der Waals surface area contributed by atoms with Crippen LogP contribution in [-0.2, 0) is 4.74 Å². The maximum Gasteiger partial charge on any atom is 0.354 e. The molecule has 1 heterocycles. The van der Waals surface area contributed by atoms with Crippen LogP contribution in [0.4, 0.5) is 20.2 Å². The quantitative estimate of drug-likeness (QED) is 0.603. The molecule has 2 N–H and O–H groups in total. The number of carbonyl (C=O) groups is 1. The lowest BCUT2D eigenvalue weighted by Crippen LogP contribution is -2.04. The molecule has 0 saturated carbocycles. The fourth-order valence-corrected chi connectivity index (χ4v) is 2.72. The Labute approximate surface area is 144 Å². The van der Waals surface area contributed by atoms with E-state index in [-0.39, 0.29) is 23.6 Å². The second-order valence-electron chi connectivity index (χ2n) is 5.04. The fraction of sp³-hybridized carbons (Fsp3) is 0.118. The van der Waals surface area contributed by atoms with Crippen molar-refractivity contribution < 1.29 is 18.3 Å². The first-order valence-electron chi connectivity index (χ1n) is 7.20. The molecule has 124 valence electrons.